The summed E-state index contributed by atoms with van der Waals surface area (Å²) in [5, 5.41) is 4.72. The summed E-state index contributed by atoms with van der Waals surface area (Å²) in [6.45, 7) is 6.41. The largest absolute Gasteiger partial charge is 0.368 e. The number of aryl methyl sites for hydroxylation is 1. The zero-order valence-electron chi connectivity index (χ0n) is 18.3. The number of halogens is 1. The van der Waals surface area contributed by atoms with Gasteiger partial charge in [0, 0.05) is 54.6 Å². The monoisotopic (exact) mass is 467 g/mol. The molecule has 0 spiro atoms. The molecule has 3 heterocycles. The number of hydrogen-bond acceptors (Lipinski definition) is 4. The van der Waals surface area contributed by atoms with Gasteiger partial charge in [-0.25, -0.2) is 0 Å². The summed E-state index contributed by atoms with van der Waals surface area (Å²) in [5.74, 6) is 0. The molecule has 1 aliphatic rings. The van der Waals surface area contributed by atoms with E-state index in [0.717, 1.165) is 63.0 Å². The van der Waals surface area contributed by atoms with Crippen molar-refractivity contribution in [3.8, 4) is 0 Å². The van der Waals surface area contributed by atoms with E-state index in [1.807, 2.05) is 40.2 Å². The Kier molecular flexibility index (Phi) is 7.51. The maximum absolute atomic E-state index is 12.3. The molecule has 0 bridgehead atoms. The minimum absolute atomic E-state index is 0. The fourth-order valence-corrected chi connectivity index (χ4v) is 5.53. The second-order valence-corrected chi connectivity index (χ2v) is 9.33. The fraction of sp³-hybridized carbons (Fsp3) is 0.346. The molecular weight excluding hydrogens is 438 g/mol. The molecule has 32 heavy (non-hydrogen) atoms. The maximum atomic E-state index is 12.3. The number of pyridine rings is 1. The van der Waals surface area contributed by atoms with E-state index in [0.29, 0.717) is 0 Å². The van der Waals surface area contributed by atoms with E-state index >= 15 is 0 Å². The summed E-state index contributed by atoms with van der Waals surface area (Å²) in [4.78, 5) is 17.4. The molecule has 2 aromatic heterocycles. The van der Waals surface area contributed by atoms with Crippen LogP contribution in [-0.4, -0.2) is 42.2 Å². The zero-order chi connectivity index (χ0) is 21.0. The number of aromatic nitrogens is 1. The maximum Gasteiger partial charge on any atom is 0.251 e. The van der Waals surface area contributed by atoms with Gasteiger partial charge in [0.1, 0.15) is 0 Å². The lowest BCUT2D eigenvalue weighted by molar-refractivity contribution is 0.252. The Morgan fingerprint density at radius 2 is 1.59 bits per heavy atom. The third-order valence-corrected chi connectivity index (χ3v) is 7.32. The Morgan fingerprint density at radius 3 is 2.47 bits per heavy atom. The number of piperazine rings is 1. The Balaban J connectivity index is 0.00000245. The van der Waals surface area contributed by atoms with Gasteiger partial charge in [-0.2, -0.15) is 0 Å². The van der Waals surface area contributed by atoms with Gasteiger partial charge < -0.3 is 9.47 Å². The van der Waals surface area contributed by atoms with E-state index in [1.165, 1.54) is 22.2 Å². The average Bonchev–Trinajstić information content (AvgIpc) is 3.30. The Hall–Kier alpha value is -2.34. The van der Waals surface area contributed by atoms with Crippen LogP contribution in [0.5, 0.6) is 0 Å². The number of thiophene rings is 1. The first kappa shape index (κ1) is 22.8. The molecule has 168 valence electrons. The molecule has 0 N–H and O–H groups in total. The molecule has 4 nitrogen and oxygen atoms in total. The Morgan fingerprint density at radius 1 is 0.781 bits per heavy atom. The lowest BCUT2D eigenvalue weighted by Crippen LogP contribution is -2.46. The topological polar surface area (TPSA) is 28.5 Å². The molecule has 5 rings (SSSR count). The van der Waals surface area contributed by atoms with E-state index < -0.39 is 0 Å². The molecule has 0 radical (unpaired) electrons. The van der Waals surface area contributed by atoms with Crippen molar-refractivity contribution in [2.75, 3.05) is 37.6 Å². The van der Waals surface area contributed by atoms with Crippen molar-refractivity contribution in [3.63, 3.8) is 0 Å². The van der Waals surface area contributed by atoms with Crippen LogP contribution in [0.2, 0.25) is 0 Å². The molecule has 4 aromatic rings. The number of nitrogens with zero attached hydrogens (tertiary/aromatic N) is 3. The molecule has 0 saturated carbocycles. The minimum Gasteiger partial charge on any atom is -0.368 e. The van der Waals surface area contributed by atoms with Crippen LogP contribution < -0.4 is 10.5 Å². The summed E-state index contributed by atoms with van der Waals surface area (Å²) in [6.07, 6.45) is 3.40. The first-order valence-electron chi connectivity index (χ1n) is 11.3. The highest BCUT2D eigenvalue weighted by atomic mass is 35.5. The minimum atomic E-state index is 0. The summed E-state index contributed by atoms with van der Waals surface area (Å²) in [7, 11) is 0. The van der Waals surface area contributed by atoms with Crippen LogP contribution in [0.15, 0.2) is 70.8 Å². The van der Waals surface area contributed by atoms with Gasteiger partial charge in [0.05, 0.1) is 5.52 Å². The third kappa shape index (κ3) is 4.85. The quantitative estimate of drug-likeness (QED) is 0.330. The standard InChI is InChI=1S/C26H29N3OS.ClH/c30-26-12-11-21-7-2-3-8-23(21)29(26)15-5-1-4-14-27-16-18-28(19-17-27)24-9-6-10-25-22(24)13-20-31-25;/h2-3,6-13,20H,1,4-5,14-19H2;1H. The highest BCUT2D eigenvalue weighted by molar-refractivity contribution is 7.17. The molecular formula is C26H30ClN3OS. The second-order valence-electron chi connectivity index (χ2n) is 8.38. The molecule has 2 aromatic carbocycles. The van der Waals surface area contributed by atoms with Crippen molar-refractivity contribution < 1.29 is 0 Å². The molecule has 0 amide bonds. The van der Waals surface area contributed by atoms with Gasteiger partial charge >= 0.3 is 0 Å². The van der Waals surface area contributed by atoms with E-state index in [2.05, 4.69) is 45.5 Å². The Bertz CT molecular complexity index is 1230. The fourth-order valence-electron chi connectivity index (χ4n) is 4.72. The molecule has 0 unspecified atom stereocenters. The predicted molar refractivity (Wildman–Crippen MR) is 140 cm³/mol. The SMILES string of the molecule is Cl.O=c1ccc2ccccc2n1CCCCCN1CCN(c2cccc3sccc23)CC1. The van der Waals surface area contributed by atoms with Crippen LogP contribution in [0.25, 0.3) is 21.0 Å². The van der Waals surface area contributed by atoms with Gasteiger partial charge in [-0.15, -0.1) is 23.7 Å². The van der Waals surface area contributed by atoms with Crippen LogP contribution in [0.1, 0.15) is 19.3 Å². The summed E-state index contributed by atoms with van der Waals surface area (Å²) < 4.78 is 3.31. The van der Waals surface area contributed by atoms with Crippen LogP contribution >= 0.6 is 23.7 Å². The smallest absolute Gasteiger partial charge is 0.251 e. The molecule has 1 fully saturated rings. The summed E-state index contributed by atoms with van der Waals surface area (Å²) in [5.41, 5.74) is 2.54. The highest BCUT2D eigenvalue weighted by Gasteiger charge is 2.18. The predicted octanol–water partition coefficient (Wildman–Crippen LogP) is 5.63. The van der Waals surface area contributed by atoms with Gasteiger partial charge in [0.15, 0.2) is 0 Å². The van der Waals surface area contributed by atoms with Crippen molar-refractivity contribution in [3.05, 3.63) is 76.4 Å². The molecule has 0 aliphatic carbocycles. The number of unbranched alkanes of at least 4 members (excludes halogenated alkanes) is 2. The van der Waals surface area contributed by atoms with Crippen LogP contribution in [-0.2, 0) is 6.54 Å². The van der Waals surface area contributed by atoms with Gasteiger partial charge in [-0.1, -0.05) is 30.7 Å². The lowest BCUT2D eigenvalue weighted by atomic mass is 10.1. The number of benzene rings is 2. The number of rotatable bonds is 7. The zero-order valence-corrected chi connectivity index (χ0v) is 19.9. The van der Waals surface area contributed by atoms with Crippen molar-refractivity contribution in [1.82, 2.24) is 9.47 Å². The van der Waals surface area contributed by atoms with E-state index in [-0.39, 0.29) is 18.0 Å². The van der Waals surface area contributed by atoms with Gasteiger partial charge in [0.25, 0.3) is 5.56 Å². The van der Waals surface area contributed by atoms with Gasteiger partial charge in [0.2, 0.25) is 0 Å². The van der Waals surface area contributed by atoms with E-state index in [4.69, 9.17) is 0 Å². The number of fused-ring (bicyclic) bond motifs is 2. The third-order valence-electron chi connectivity index (χ3n) is 6.44. The number of hydrogen-bond donors (Lipinski definition) is 0. The van der Waals surface area contributed by atoms with E-state index in [9.17, 15) is 4.79 Å². The van der Waals surface area contributed by atoms with Crippen LogP contribution in [0.4, 0.5) is 5.69 Å². The number of anilines is 1. The second kappa shape index (κ2) is 10.5. The highest BCUT2D eigenvalue weighted by Crippen LogP contribution is 2.31. The van der Waals surface area contributed by atoms with Crippen molar-refractivity contribution in [1.29, 1.82) is 0 Å². The summed E-state index contributed by atoms with van der Waals surface area (Å²) in [6, 6.07) is 20.7. The number of para-hydroxylation sites is 1. The van der Waals surface area contributed by atoms with Gasteiger partial charge in [-0.3, -0.25) is 9.69 Å². The molecule has 1 saturated heterocycles. The normalized spacial score (nSPS) is 14.7. The molecule has 1 aliphatic heterocycles. The van der Waals surface area contributed by atoms with Crippen molar-refractivity contribution >= 4 is 50.4 Å². The molecule has 0 atom stereocenters. The lowest BCUT2D eigenvalue weighted by Gasteiger charge is -2.36. The average molecular weight is 468 g/mol. The Labute approximate surface area is 199 Å². The van der Waals surface area contributed by atoms with Gasteiger partial charge in [-0.05, 0) is 60.5 Å². The van der Waals surface area contributed by atoms with E-state index in [1.54, 1.807) is 6.07 Å². The first-order valence-corrected chi connectivity index (χ1v) is 12.2. The van der Waals surface area contributed by atoms with Crippen LogP contribution in [0.3, 0.4) is 0 Å². The van der Waals surface area contributed by atoms with Crippen LogP contribution in [0, 0.1) is 0 Å². The first-order chi connectivity index (χ1) is 15.3. The molecule has 6 heteroatoms. The van der Waals surface area contributed by atoms with Crippen molar-refractivity contribution in [2.45, 2.75) is 25.8 Å². The summed E-state index contributed by atoms with van der Waals surface area (Å²) >= 11 is 1.82. The van der Waals surface area contributed by atoms with Crippen molar-refractivity contribution in [2.24, 2.45) is 0 Å².